The fourth-order valence-corrected chi connectivity index (χ4v) is 2.48. The van der Waals surface area contributed by atoms with E-state index in [1.807, 2.05) is 0 Å². The van der Waals surface area contributed by atoms with E-state index in [-0.39, 0.29) is 0 Å². The molecular formula is C18H39N. The van der Waals surface area contributed by atoms with E-state index in [2.05, 4.69) is 26.1 Å². The zero-order chi connectivity index (χ0) is 14.2. The maximum atomic E-state index is 3.52. The molecule has 0 heterocycles. The van der Waals surface area contributed by atoms with Crippen LogP contribution >= 0.6 is 0 Å². The SMILES string of the molecule is CCCCCCCCCCCCCCNCC(C)C. The van der Waals surface area contributed by atoms with Crippen LogP contribution in [0.2, 0.25) is 0 Å². The minimum atomic E-state index is 0.789. The van der Waals surface area contributed by atoms with Crippen LogP contribution in [0.15, 0.2) is 0 Å². The minimum Gasteiger partial charge on any atom is -0.316 e. The Morgan fingerprint density at radius 3 is 1.47 bits per heavy atom. The van der Waals surface area contributed by atoms with Crippen LogP contribution in [-0.4, -0.2) is 13.1 Å². The van der Waals surface area contributed by atoms with Crippen LogP contribution in [0.1, 0.15) is 97.8 Å². The van der Waals surface area contributed by atoms with Crippen molar-refractivity contribution in [3.8, 4) is 0 Å². The summed E-state index contributed by atoms with van der Waals surface area (Å²) in [5.74, 6) is 0.789. The topological polar surface area (TPSA) is 12.0 Å². The molecule has 1 N–H and O–H groups in total. The predicted molar refractivity (Wildman–Crippen MR) is 88.8 cm³/mol. The molecular weight excluding hydrogens is 230 g/mol. The molecule has 0 aromatic carbocycles. The van der Waals surface area contributed by atoms with Crippen LogP contribution in [0, 0.1) is 5.92 Å². The van der Waals surface area contributed by atoms with Gasteiger partial charge in [-0.05, 0) is 25.4 Å². The van der Waals surface area contributed by atoms with E-state index < -0.39 is 0 Å². The lowest BCUT2D eigenvalue weighted by molar-refractivity contribution is 0.513. The lowest BCUT2D eigenvalue weighted by Gasteiger charge is -2.07. The largest absolute Gasteiger partial charge is 0.316 e. The summed E-state index contributed by atoms with van der Waals surface area (Å²) in [4.78, 5) is 0. The summed E-state index contributed by atoms with van der Waals surface area (Å²) in [6.45, 7) is 9.23. The number of unbranched alkanes of at least 4 members (excludes halogenated alkanes) is 11. The molecule has 0 amide bonds. The highest BCUT2D eigenvalue weighted by atomic mass is 14.8. The Kier molecular flexibility index (Phi) is 16.0. The fourth-order valence-electron chi connectivity index (χ4n) is 2.48. The highest BCUT2D eigenvalue weighted by molar-refractivity contribution is 4.53. The predicted octanol–water partition coefficient (Wildman–Crippen LogP) is 5.93. The summed E-state index contributed by atoms with van der Waals surface area (Å²) in [6.07, 6.45) is 17.3. The molecule has 116 valence electrons. The number of rotatable bonds is 15. The molecule has 0 saturated carbocycles. The Bertz CT molecular complexity index is 154. The summed E-state index contributed by atoms with van der Waals surface area (Å²) in [5.41, 5.74) is 0. The summed E-state index contributed by atoms with van der Waals surface area (Å²) in [6, 6.07) is 0. The average molecular weight is 270 g/mol. The molecule has 0 aromatic rings. The molecule has 0 rings (SSSR count). The third kappa shape index (κ3) is 18.0. The van der Waals surface area contributed by atoms with Gasteiger partial charge in [0.05, 0.1) is 0 Å². The molecule has 0 fully saturated rings. The third-order valence-corrected chi connectivity index (χ3v) is 3.76. The lowest BCUT2D eigenvalue weighted by atomic mass is 10.1. The lowest BCUT2D eigenvalue weighted by Crippen LogP contribution is -2.20. The van der Waals surface area contributed by atoms with Crippen molar-refractivity contribution in [3.05, 3.63) is 0 Å². The van der Waals surface area contributed by atoms with E-state index >= 15 is 0 Å². The molecule has 1 heteroatoms. The molecule has 0 spiro atoms. The maximum absolute atomic E-state index is 3.52. The van der Waals surface area contributed by atoms with Crippen molar-refractivity contribution in [2.24, 2.45) is 5.92 Å². The number of hydrogen-bond acceptors (Lipinski definition) is 1. The van der Waals surface area contributed by atoms with Gasteiger partial charge in [-0.1, -0.05) is 91.4 Å². The molecule has 0 bridgehead atoms. The second-order valence-corrected chi connectivity index (χ2v) is 6.49. The molecule has 0 atom stereocenters. The second-order valence-electron chi connectivity index (χ2n) is 6.49. The van der Waals surface area contributed by atoms with Gasteiger partial charge in [0.1, 0.15) is 0 Å². The van der Waals surface area contributed by atoms with Crippen molar-refractivity contribution in [1.29, 1.82) is 0 Å². The van der Waals surface area contributed by atoms with Crippen LogP contribution in [-0.2, 0) is 0 Å². The zero-order valence-corrected chi connectivity index (χ0v) is 14.0. The Balaban J connectivity index is 2.91. The van der Waals surface area contributed by atoms with Gasteiger partial charge in [0.15, 0.2) is 0 Å². The molecule has 0 saturated heterocycles. The van der Waals surface area contributed by atoms with Gasteiger partial charge in [-0.25, -0.2) is 0 Å². The van der Waals surface area contributed by atoms with Gasteiger partial charge >= 0.3 is 0 Å². The fraction of sp³-hybridized carbons (Fsp3) is 1.00. The van der Waals surface area contributed by atoms with E-state index in [0.717, 1.165) is 5.92 Å². The quantitative estimate of drug-likeness (QED) is 0.363. The molecule has 0 aliphatic carbocycles. The van der Waals surface area contributed by atoms with Crippen molar-refractivity contribution < 1.29 is 0 Å². The standard InChI is InChI=1S/C18H39N/c1-4-5-6-7-8-9-10-11-12-13-14-15-16-19-17-18(2)3/h18-19H,4-17H2,1-3H3. The first kappa shape index (κ1) is 19.0. The summed E-state index contributed by atoms with van der Waals surface area (Å²) < 4.78 is 0. The van der Waals surface area contributed by atoms with Crippen LogP contribution in [0.4, 0.5) is 0 Å². The number of nitrogens with one attached hydrogen (secondary N) is 1. The van der Waals surface area contributed by atoms with E-state index in [0.29, 0.717) is 0 Å². The van der Waals surface area contributed by atoms with E-state index in [9.17, 15) is 0 Å². The van der Waals surface area contributed by atoms with Gasteiger partial charge in [-0.3, -0.25) is 0 Å². The van der Waals surface area contributed by atoms with Gasteiger partial charge in [0.2, 0.25) is 0 Å². The van der Waals surface area contributed by atoms with Crippen molar-refractivity contribution in [1.82, 2.24) is 5.32 Å². The second kappa shape index (κ2) is 16.0. The van der Waals surface area contributed by atoms with Gasteiger partial charge in [0, 0.05) is 0 Å². The number of hydrogen-bond donors (Lipinski definition) is 1. The molecule has 19 heavy (non-hydrogen) atoms. The molecule has 0 aliphatic rings. The summed E-state index contributed by atoms with van der Waals surface area (Å²) in [7, 11) is 0. The maximum Gasteiger partial charge on any atom is -0.00258 e. The van der Waals surface area contributed by atoms with Crippen LogP contribution in [0.5, 0.6) is 0 Å². The highest BCUT2D eigenvalue weighted by Crippen LogP contribution is 2.11. The minimum absolute atomic E-state index is 0.789. The van der Waals surface area contributed by atoms with Crippen molar-refractivity contribution in [3.63, 3.8) is 0 Å². The van der Waals surface area contributed by atoms with Crippen LogP contribution in [0.25, 0.3) is 0 Å². The normalized spacial score (nSPS) is 11.4. The van der Waals surface area contributed by atoms with Gasteiger partial charge in [-0.15, -0.1) is 0 Å². The molecule has 0 radical (unpaired) electrons. The first-order valence-electron chi connectivity index (χ1n) is 8.98. The van der Waals surface area contributed by atoms with Gasteiger partial charge in [-0.2, -0.15) is 0 Å². The van der Waals surface area contributed by atoms with Crippen LogP contribution in [0.3, 0.4) is 0 Å². The Morgan fingerprint density at radius 2 is 1.05 bits per heavy atom. The monoisotopic (exact) mass is 269 g/mol. The Labute approximate surface area is 122 Å². The first-order chi connectivity index (χ1) is 9.27. The molecule has 0 aliphatic heterocycles. The first-order valence-corrected chi connectivity index (χ1v) is 8.98. The highest BCUT2D eigenvalue weighted by Gasteiger charge is 1.94. The average Bonchev–Trinajstić information content (AvgIpc) is 2.39. The third-order valence-electron chi connectivity index (χ3n) is 3.76. The smallest absolute Gasteiger partial charge is 0.00258 e. The molecule has 0 unspecified atom stereocenters. The van der Waals surface area contributed by atoms with Gasteiger partial charge in [0.25, 0.3) is 0 Å². The Hall–Kier alpha value is -0.0400. The summed E-state index contributed by atoms with van der Waals surface area (Å²) >= 11 is 0. The van der Waals surface area contributed by atoms with E-state index in [1.165, 1.54) is 90.1 Å². The van der Waals surface area contributed by atoms with Crippen molar-refractivity contribution in [2.45, 2.75) is 97.8 Å². The zero-order valence-electron chi connectivity index (χ0n) is 14.0. The summed E-state index contributed by atoms with van der Waals surface area (Å²) in [5, 5.41) is 3.52. The van der Waals surface area contributed by atoms with Crippen molar-refractivity contribution >= 4 is 0 Å². The van der Waals surface area contributed by atoms with E-state index in [1.54, 1.807) is 0 Å². The molecule has 1 nitrogen and oxygen atoms in total. The molecule has 0 aromatic heterocycles. The van der Waals surface area contributed by atoms with Crippen molar-refractivity contribution in [2.75, 3.05) is 13.1 Å². The van der Waals surface area contributed by atoms with Gasteiger partial charge < -0.3 is 5.32 Å². The Morgan fingerprint density at radius 1 is 0.632 bits per heavy atom. The van der Waals surface area contributed by atoms with E-state index in [4.69, 9.17) is 0 Å². The van der Waals surface area contributed by atoms with Crippen LogP contribution < -0.4 is 5.32 Å².